The quantitative estimate of drug-likeness (QED) is 0.639. The van der Waals surface area contributed by atoms with Gasteiger partial charge in [-0.05, 0) is 24.3 Å². The van der Waals surface area contributed by atoms with Gasteiger partial charge in [-0.3, -0.25) is 0 Å². The lowest BCUT2D eigenvalue weighted by atomic mass is 10.2. The molecule has 5 heteroatoms. The maximum absolute atomic E-state index is 6.16. The molecule has 0 fully saturated rings. The molecule has 0 saturated heterocycles. The van der Waals surface area contributed by atoms with E-state index in [4.69, 9.17) is 23.2 Å². The number of fused-ring (bicyclic) bond motifs is 1. The van der Waals surface area contributed by atoms with Crippen molar-refractivity contribution >= 4 is 50.2 Å². The Morgan fingerprint density at radius 2 is 1.94 bits per heavy atom. The fraction of sp³-hybridized carbons (Fsp3) is 0. The van der Waals surface area contributed by atoms with E-state index < -0.39 is 0 Å². The van der Waals surface area contributed by atoms with Crippen LogP contribution in [0.5, 0.6) is 0 Å². The molecule has 0 atom stereocenters. The molecule has 2 nitrogen and oxygen atoms in total. The molecule has 1 heterocycles. The molecule has 0 amide bonds. The Morgan fingerprint density at radius 3 is 2.72 bits per heavy atom. The molecule has 0 spiro atoms. The summed E-state index contributed by atoms with van der Waals surface area (Å²) in [5.41, 5.74) is 2.59. The number of hydrogen-bond donors (Lipinski definition) is 1. The van der Waals surface area contributed by atoms with Crippen LogP contribution in [0, 0.1) is 0 Å². The first-order chi connectivity index (χ1) is 8.63. The van der Waals surface area contributed by atoms with Gasteiger partial charge in [0.25, 0.3) is 0 Å². The molecule has 0 aliphatic heterocycles. The van der Waals surface area contributed by atoms with E-state index in [1.807, 2.05) is 36.4 Å². The summed E-state index contributed by atoms with van der Waals surface area (Å²) in [5, 5.41) is 1.30. The number of imidazole rings is 1. The van der Waals surface area contributed by atoms with Crippen molar-refractivity contribution in [1.82, 2.24) is 9.97 Å². The van der Waals surface area contributed by atoms with Gasteiger partial charge in [-0.15, -0.1) is 0 Å². The van der Waals surface area contributed by atoms with Crippen LogP contribution in [-0.2, 0) is 0 Å². The summed E-state index contributed by atoms with van der Waals surface area (Å²) in [6, 6.07) is 11.3. The summed E-state index contributed by atoms with van der Waals surface area (Å²) < 4.78 is 0.918. The third-order valence-corrected chi connectivity index (χ3v) is 3.58. The minimum absolute atomic E-state index is 0.615. The summed E-state index contributed by atoms with van der Waals surface area (Å²) in [6.07, 6.45) is 0. The van der Waals surface area contributed by atoms with Gasteiger partial charge in [0.2, 0.25) is 0 Å². The highest BCUT2D eigenvalue weighted by Crippen LogP contribution is 2.29. The molecule has 0 bridgehead atoms. The van der Waals surface area contributed by atoms with Crippen molar-refractivity contribution in [2.75, 3.05) is 0 Å². The van der Waals surface area contributed by atoms with Crippen molar-refractivity contribution in [2.45, 2.75) is 0 Å². The zero-order valence-corrected chi connectivity index (χ0v) is 12.1. The number of nitrogens with zero attached hydrogens (tertiary/aromatic N) is 1. The number of aromatic nitrogens is 2. The molecule has 3 aromatic rings. The first-order valence-electron chi connectivity index (χ1n) is 5.24. The van der Waals surface area contributed by atoms with Crippen molar-refractivity contribution in [3.8, 4) is 11.4 Å². The molecule has 18 heavy (non-hydrogen) atoms. The zero-order valence-electron chi connectivity index (χ0n) is 9.05. The summed E-state index contributed by atoms with van der Waals surface area (Å²) in [5.74, 6) is 0.757. The number of H-pyrrole nitrogens is 1. The standard InChI is InChI=1S/C13H7BrCl2N2/c14-8-5-10(16)12-11(6-8)17-13(18-12)7-2-1-3-9(15)4-7/h1-6H,(H,17,18). The maximum Gasteiger partial charge on any atom is 0.138 e. The Bertz CT molecular complexity index is 737. The lowest BCUT2D eigenvalue weighted by Gasteiger charge is -1.96. The number of rotatable bonds is 1. The lowest BCUT2D eigenvalue weighted by molar-refractivity contribution is 1.34. The highest BCUT2D eigenvalue weighted by Gasteiger charge is 2.09. The van der Waals surface area contributed by atoms with Gasteiger partial charge < -0.3 is 4.98 Å². The van der Waals surface area contributed by atoms with E-state index in [9.17, 15) is 0 Å². The van der Waals surface area contributed by atoms with Crippen LogP contribution < -0.4 is 0 Å². The van der Waals surface area contributed by atoms with Crippen LogP contribution in [0.25, 0.3) is 22.4 Å². The van der Waals surface area contributed by atoms with Crippen molar-refractivity contribution in [3.05, 3.63) is 50.9 Å². The molecule has 0 aliphatic carbocycles. The van der Waals surface area contributed by atoms with Crippen molar-refractivity contribution in [3.63, 3.8) is 0 Å². The minimum atomic E-state index is 0.615. The second-order valence-corrected chi connectivity index (χ2v) is 5.64. The predicted octanol–water partition coefficient (Wildman–Crippen LogP) is 5.30. The van der Waals surface area contributed by atoms with Crippen LogP contribution in [-0.4, -0.2) is 9.97 Å². The van der Waals surface area contributed by atoms with Gasteiger partial charge in [-0.25, -0.2) is 4.98 Å². The molecule has 2 aromatic carbocycles. The fourth-order valence-electron chi connectivity index (χ4n) is 1.81. The number of benzene rings is 2. The van der Waals surface area contributed by atoms with Crippen molar-refractivity contribution < 1.29 is 0 Å². The molecule has 0 saturated carbocycles. The first kappa shape index (κ1) is 12.0. The summed E-state index contributed by atoms with van der Waals surface area (Å²) in [6.45, 7) is 0. The summed E-state index contributed by atoms with van der Waals surface area (Å²) in [7, 11) is 0. The van der Waals surface area contributed by atoms with Crippen LogP contribution in [0.3, 0.4) is 0 Å². The normalized spacial score (nSPS) is 11.1. The first-order valence-corrected chi connectivity index (χ1v) is 6.79. The Kier molecular flexibility index (Phi) is 3.06. The van der Waals surface area contributed by atoms with Crippen LogP contribution >= 0.6 is 39.1 Å². The molecule has 3 rings (SSSR count). The van der Waals surface area contributed by atoms with E-state index in [0.717, 1.165) is 26.9 Å². The Hall–Kier alpha value is -1.03. The number of halogens is 3. The van der Waals surface area contributed by atoms with Gasteiger partial charge in [-0.2, -0.15) is 0 Å². The second kappa shape index (κ2) is 4.57. The molecule has 90 valence electrons. The Labute approximate surface area is 122 Å². The number of nitrogens with one attached hydrogen (secondary N) is 1. The van der Waals surface area contributed by atoms with Crippen molar-refractivity contribution in [2.24, 2.45) is 0 Å². The van der Waals surface area contributed by atoms with Crippen LogP contribution in [0.4, 0.5) is 0 Å². The second-order valence-electron chi connectivity index (χ2n) is 3.88. The third kappa shape index (κ3) is 2.14. The number of aromatic amines is 1. The third-order valence-electron chi connectivity index (χ3n) is 2.60. The van der Waals surface area contributed by atoms with Crippen LogP contribution in [0.15, 0.2) is 40.9 Å². The maximum atomic E-state index is 6.16. The Morgan fingerprint density at radius 1 is 1.11 bits per heavy atom. The smallest absolute Gasteiger partial charge is 0.138 e. The average Bonchev–Trinajstić information content (AvgIpc) is 2.73. The zero-order chi connectivity index (χ0) is 12.7. The highest BCUT2D eigenvalue weighted by molar-refractivity contribution is 9.10. The molecule has 0 radical (unpaired) electrons. The predicted molar refractivity (Wildman–Crippen MR) is 79.2 cm³/mol. The largest absolute Gasteiger partial charge is 0.338 e. The highest BCUT2D eigenvalue weighted by atomic mass is 79.9. The topological polar surface area (TPSA) is 28.7 Å². The molecule has 0 aliphatic rings. The van der Waals surface area contributed by atoms with E-state index in [1.54, 1.807) is 0 Å². The van der Waals surface area contributed by atoms with Crippen LogP contribution in [0.1, 0.15) is 0 Å². The summed E-state index contributed by atoms with van der Waals surface area (Å²) >= 11 is 15.5. The monoisotopic (exact) mass is 340 g/mol. The fourth-order valence-corrected chi connectivity index (χ4v) is 2.86. The molecule has 1 N–H and O–H groups in total. The minimum Gasteiger partial charge on any atom is -0.338 e. The van der Waals surface area contributed by atoms with E-state index >= 15 is 0 Å². The Balaban J connectivity index is 2.22. The van der Waals surface area contributed by atoms with Crippen molar-refractivity contribution in [1.29, 1.82) is 0 Å². The van der Waals surface area contributed by atoms with E-state index in [0.29, 0.717) is 10.0 Å². The van der Waals surface area contributed by atoms with Gasteiger partial charge in [-0.1, -0.05) is 51.3 Å². The molecule has 0 unspecified atom stereocenters. The van der Waals surface area contributed by atoms with E-state index in [2.05, 4.69) is 25.9 Å². The SMILES string of the molecule is Clc1cccc(-c2nc3c(Cl)cc(Br)cc3[nH]2)c1. The van der Waals surface area contributed by atoms with Gasteiger partial charge in [0, 0.05) is 15.1 Å². The number of hydrogen-bond acceptors (Lipinski definition) is 1. The van der Waals surface area contributed by atoms with Gasteiger partial charge in [0.15, 0.2) is 0 Å². The molecular formula is C13H7BrCl2N2. The van der Waals surface area contributed by atoms with Crippen LogP contribution in [0.2, 0.25) is 10.0 Å². The van der Waals surface area contributed by atoms with Gasteiger partial charge >= 0.3 is 0 Å². The summed E-state index contributed by atoms with van der Waals surface area (Å²) in [4.78, 5) is 7.73. The van der Waals surface area contributed by atoms with Gasteiger partial charge in [0.1, 0.15) is 11.3 Å². The van der Waals surface area contributed by atoms with Gasteiger partial charge in [0.05, 0.1) is 10.5 Å². The lowest BCUT2D eigenvalue weighted by Crippen LogP contribution is -1.79. The average molecular weight is 342 g/mol. The van der Waals surface area contributed by atoms with E-state index in [-0.39, 0.29) is 0 Å². The van der Waals surface area contributed by atoms with E-state index in [1.165, 1.54) is 0 Å². The molecular weight excluding hydrogens is 335 g/mol. The molecule has 1 aromatic heterocycles.